The van der Waals surface area contributed by atoms with E-state index < -0.39 is 0 Å². The van der Waals surface area contributed by atoms with Crippen LogP contribution in [0.15, 0.2) is 66.9 Å². The van der Waals surface area contributed by atoms with Gasteiger partial charge in [-0.1, -0.05) is 87.4 Å². The maximum atomic E-state index is 10.6. The van der Waals surface area contributed by atoms with Crippen molar-refractivity contribution in [1.29, 1.82) is 0 Å². The van der Waals surface area contributed by atoms with Crippen molar-refractivity contribution in [3.05, 3.63) is 83.6 Å². The second kappa shape index (κ2) is 10.8. The number of hydrogen-bond donors (Lipinski definition) is 1. The lowest BCUT2D eigenvalue weighted by atomic mass is 9.99. The van der Waals surface area contributed by atoms with Crippen molar-refractivity contribution < 1.29 is 5.11 Å². The summed E-state index contributed by atoms with van der Waals surface area (Å²) in [4.78, 5) is 2.44. The van der Waals surface area contributed by atoms with E-state index in [0.29, 0.717) is 0 Å². The largest absolute Gasteiger partial charge is 0.492 e. The Balaban J connectivity index is 1.89. The van der Waals surface area contributed by atoms with E-state index in [1.54, 1.807) is 0 Å². The lowest BCUT2D eigenvalue weighted by Gasteiger charge is -2.21. The molecule has 0 saturated carbocycles. The molecule has 0 aliphatic heterocycles. The van der Waals surface area contributed by atoms with Crippen molar-refractivity contribution in [3.8, 4) is 5.88 Å². The molecule has 4 nitrogen and oxygen atoms in total. The zero-order valence-electron chi connectivity index (χ0n) is 17.7. The van der Waals surface area contributed by atoms with Crippen molar-refractivity contribution in [1.82, 2.24) is 14.7 Å². The van der Waals surface area contributed by atoms with Crippen molar-refractivity contribution in [2.75, 3.05) is 13.1 Å². The standard InChI is InChI=1S/C25H33N3O/c1-3-5-17-27(18-6-4-2)19-23-20-28(26-25(23)29)24(21-13-9-7-10-14-21)22-15-11-8-12-16-22/h7-16,20,24H,3-6,17-19H2,1-2H3,(H,26,29). The van der Waals surface area contributed by atoms with Crippen LogP contribution in [0.25, 0.3) is 0 Å². The molecule has 0 saturated heterocycles. The summed E-state index contributed by atoms with van der Waals surface area (Å²) in [6.07, 6.45) is 6.73. The summed E-state index contributed by atoms with van der Waals surface area (Å²) >= 11 is 0. The van der Waals surface area contributed by atoms with Crippen LogP contribution < -0.4 is 0 Å². The summed E-state index contributed by atoms with van der Waals surface area (Å²) in [5.41, 5.74) is 3.21. The summed E-state index contributed by atoms with van der Waals surface area (Å²) in [5, 5.41) is 15.1. The summed E-state index contributed by atoms with van der Waals surface area (Å²) in [7, 11) is 0. The molecule has 0 aliphatic carbocycles. The van der Waals surface area contributed by atoms with Crippen LogP contribution in [-0.4, -0.2) is 32.9 Å². The molecule has 154 valence electrons. The molecule has 1 N–H and O–H groups in total. The number of aromatic hydroxyl groups is 1. The second-order valence-electron chi connectivity index (χ2n) is 7.67. The number of rotatable bonds is 11. The van der Waals surface area contributed by atoms with E-state index in [1.807, 2.05) is 47.3 Å². The van der Waals surface area contributed by atoms with Gasteiger partial charge in [-0.25, -0.2) is 0 Å². The molecule has 29 heavy (non-hydrogen) atoms. The molecule has 2 aromatic carbocycles. The minimum absolute atomic E-state index is 0.0585. The lowest BCUT2D eigenvalue weighted by Crippen LogP contribution is -2.25. The van der Waals surface area contributed by atoms with Gasteiger partial charge in [0.1, 0.15) is 6.04 Å². The molecule has 0 bridgehead atoms. The fourth-order valence-electron chi connectivity index (χ4n) is 3.71. The SMILES string of the molecule is CCCCN(CCCC)Cc1cn(C(c2ccccc2)c2ccccc2)nc1O. The van der Waals surface area contributed by atoms with Crippen LogP contribution in [0.5, 0.6) is 5.88 Å². The Bertz CT molecular complexity index is 798. The zero-order chi connectivity index (χ0) is 20.5. The Labute approximate surface area is 174 Å². The first kappa shape index (κ1) is 21.1. The van der Waals surface area contributed by atoms with Crippen molar-refractivity contribution in [2.24, 2.45) is 0 Å². The van der Waals surface area contributed by atoms with E-state index in [-0.39, 0.29) is 11.9 Å². The van der Waals surface area contributed by atoms with Gasteiger partial charge in [-0.2, -0.15) is 0 Å². The maximum Gasteiger partial charge on any atom is 0.234 e. The van der Waals surface area contributed by atoms with Crippen molar-refractivity contribution in [3.63, 3.8) is 0 Å². The molecule has 3 rings (SSSR count). The van der Waals surface area contributed by atoms with E-state index in [4.69, 9.17) is 0 Å². The smallest absolute Gasteiger partial charge is 0.234 e. The Hall–Kier alpha value is -2.59. The minimum atomic E-state index is -0.0585. The van der Waals surface area contributed by atoms with E-state index in [0.717, 1.165) is 36.3 Å². The van der Waals surface area contributed by atoms with Crippen molar-refractivity contribution in [2.45, 2.75) is 52.1 Å². The van der Waals surface area contributed by atoms with Crippen LogP contribution in [0, 0.1) is 0 Å². The molecule has 0 atom stereocenters. The molecule has 0 radical (unpaired) electrons. The molecule has 0 unspecified atom stereocenters. The summed E-state index contributed by atoms with van der Waals surface area (Å²) in [6, 6.07) is 20.6. The monoisotopic (exact) mass is 391 g/mol. The number of hydrogen-bond acceptors (Lipinski definition) is 3. The second-order valence-corrected chi connectivity index (χ2v) is 7.67. The normalized spacial score (nSPS) is 11.4. The van der Waals surface area contributed by atoms with Crippen LogP contribution >= 0.6 is 0 Å². The predicted molar refractivity (Wildman–Crippen MR) is 119 cm³/mol. The first-order valence-corrected chi connectivity index (χ1v) is 10.8. The number of unbranched alkanes of at least 4 members (excludes halogenated alkanes) is 2. The van der Waals surface area contributed by atoms with Gasteiger partial charge < -0.3 is 5.11 Å². The predicted octanol–water partition coefficient (Wildman–Crippen LogP) is 5.63. The van der Waals surface area contributed by atoms with E-state index in [9.17, 15) is 5.11 Å². The minimum Gasteiger partial charge on any atom is -0.492 e. The van der Waals surface area contributed by atoms with Gasteiger partial charge >= 0.3 is 0 Å². The first-order valence-electron chi connectivity index (χ1n) is 10.8. The highest BCUT2D eigenvalue weighted by atomic mass is 16.3. The molecule has 0 fully saturated rings. The quantitative estimate of drug-likeness (QED) is 0.461. The number of nitrogens with zero attached hydrogens (tertiary/aromatic N) is 3. The van der Waals surface area contributed by atoms with Gasteiger partial charge in [0, 0.05) is 18.3 Å². The van der Waals surface area contributed by atoms with Gasteiger partial charge in [0.05, 0.1) is 0 Å². The number of benzene rings is 2. The average Bonchev–Trinajstić information content (AvgIpc) is 3.11. The molecule has 1 heterocycles. The van der Waals surface area contributed by atoms with E-state index >= 15 is 0 Å². The molecule has 4 heteroatoms. The summed E-state index contributed by atoms with van der Waals surface area (Å²) in [6.45, 7) is 7.29. The Morgan fingerprint density at radius 3 is 1.86 bits per heavy atom. The van der Waals surface area contributed by atoms with E-state index in [1.165, 1.54) is 25.7 Å². The highest BCUT2D eigenvalue weighted by Gasteiger charge is 2.20. The molecule has 0 amide bonds. The zero-order valence-corrected chi connectivity index (χ0v) is 17.7. The summed E-state index contributed by atoms with van der Waals surface area (Å²) < 4.78 is 1.91. The fourth-order valence-corrected chi connectivity index (χ4v) is 3.71. The number of aromatic nitrogens is 2. The molecule has 0 aliphatic rings. The molecule has 0 spiro atoms. The van der Waals surface area contributed by atoms with Gasteiger partial charge in [-0.15, -0.1) is 5.10 Å². The molecule has 3 aromatic rings. The van der Waals surface area contributed by atoms with Gasteiger partial charge in [0.2, 0.25) is 5.88 Å². The average molecular weight is 392 g/mol. The van der Waals surface area contributed by atoms with Gasteiger partial charge in [-0.05, 0) is 37.1 Å². The Morgan fingerprint density at radius 1 is 0.862 bits per heavy atom. The van der Waals surface area contributed by atoms with Crippen LogP contribution in [0.4, 0.5) is 0 Å². The Morgan fingerprint density at radius 2 is 1.38 bits per heavy atom. The van der Waals surface area contributed by atoms with E-state index in [2.05, 4.69) is 48.1 Å². The lowest BCUT2D eigenvalue weighted by molar-refractivity contribution is 0.253. The third-order valence-electron chi connectivity index (χ3n) is 5.33. The summed E-state index contributed by atoms with van der Waals surface area (Å²) in [5.74, 6) is 0.139. The van der Waals surface area contributed by atoms with Crippen LogP contribution in [0.2, 0.25) is 0 Å². The molecule has 1 aromatic heterocycles. The molecular weight excluding hydrogens is 358 g/mol. The first-order chi connectivity index (χ1) is 14.2. The topological polar surface area (TPSA) is 41.3 Å². The van der Waals surface area contributed by atoms with Crippen LogP contribution in [0.3, 0.4) is 0 Å². The van der Waals surface area contributed by atoms with Gasteiger partial charge in [0.25, 0.3) is 0 Å². The van der Waals surface area contributed by atoms with Crippen LogP contribution in [0.1, 0.15) is 62.3 Å². The van der Waals surface area contributed by atoms with Gasteiger partial charge in [-0.3, -0.25) is 9.58 Å². The van der Waals surface area contributed by atoms with Gasteiger partial charge in [0.15, 0.2) is 0 Å². The Kier molecular flexibility index (Phi) is 7.88. The maximum absolute atomic E-state index is 10.6. The fraction of sp³-hybridized carbons (Fsp3) is 0.400. The third kappa shape index (κ3) is 5.70. The molecular formula is C25H33N3O. The highest BCUT2D eigenvalue weighted by molar-refractivity contribution is 5.34. The van der Waals surface area contributed by atoms with Crippen LogP contribution in [-0.2, 0) is 6.54 Å². The third-order valence-corrected chi connectivity index (χ3v) is 5.33. The highest BCUT2D eigenvalue weighted by Crippen LogP contribution is 2.29. The van der Waals surface area contributed by atoms with Crippen molar-refractivity contribution >= 4 is 0 Å².